The lowest BCUT2D eigenvalue weighted by atomic mass is 9.87. The molecule has 0 aromatic rings. The molecule has 16 heavy (non-hydrogen) atoms. The first kappa shape index (κ1) is 13.4. The molecule has 0 radical (unpaired) electrons. The highest BCUT2D eigenvalue weighted by Gasteiger charge is 2.28. The third-order valence-corrected chi connectivity index (χ3v) is 4.47. The fourth-order valence-corrected chi connectivity index (χ4v) is 2.64. The van der Waals surface area contributed by atoms with Gasteiger partial charge in [0.1, 0.15) is 0 Å². The highest BCUT2D eigenvalue weighted by molar-refractivity contribution is 7.87. The zero-order chi connectivity index (χ0) is 12.3. The molecule has 2 N–H and O–H groups in total. The van der Waals surface area contributed by atoms with Gasteiger partial charge in [0, 0.05) is 20.1 Å². The van der Waals surface area contributed by atoms with Crippen molar-refractivity contribution in [3.8, 4) is 0 Å². The van der Waals surface area contributed by atoms with Gasteiger partial charge in [0.2, 0.25) is 0 Å². The maximum Gasteiger partial charge on any atom is 0.306 e. The maximum atomic E-state index is 11.5. The van der Waals surface area contributed by atoms with Gasteiger partial charge in [-0.1, -0.05) is 0 Å². The van der Waals surface area contributed by atoms with Gasteiger partial charge in [0.25, 0.3) is 10.2 Å². The van der Waals surface area contributed by atoms with Crippen LogP contribution >= 0.6 is 0 Å². The lowest BCUT2D eigenvalue weighted by Crippen LogP contribution is -2.44. The SMILES string of the molecule is CN(C)S(=O)(=O)NC1CCC(C(=O)O)CC1. The van der Waals surface area contributed by atoms with Crippen LogP contribution in [0.4, 0.5) is 0 Å². The minimum atomic E-state index is -3.40. The molecule has 1 fully saturated rings. The summed E-state index contributed by atoms with van der Waals surface area (Å²) in [5.41, 5.74) is 0. The molecule has 0 atom stereocenters. The summed E-state index contributed by atoms with van der Waals surface area (Å²) in [4.78, 5) is 10.7. The molecule has 0 aromatic carbocycles. The van der Waals surface area contributed by atoms with Crippen LogP contribution in [-0.2, 0) is 15.0 Å². The van der Waals surface area contributed by atoms with Crippen LogP contribution in [0.3, 0.4) is 0 Å². The summed E-state index contributed by atoms with van der Waals surface area (Å²) in [6.07, 6.45) is 2.25. The first-order valence-electron chi connectivity index (χ1n) is 5.25. The van der Waals surface area contributed by atoms with Gasteiger partial charge < -0.3 is 5.11 Å². The summed E-state index contributed by atoms with van der Waals surface area (Å²) in [5.74, 6) is -1.10. The molecule has 1 aliphatic carbocycles. The zero-order valence-electron chi connectivity index (χ0n) is 9.51. The van der Waals surface area contributed by atoms with E-state index in [4.69, 9.17) is 5.11 Å². The molecule has 94 valence electrons. The largest absolute Gasteiger partial charge is 0.481 e. The van der Waals surface area contributed by atoms with Gasteiger partial charge in [-0.15, -0.1) is 0 Å². The summed E-state index contributed by atoms with van der Waals surface area (Å²) < 4.78 is 26.7. The number of nitrogens with zero attached hydrogens (tertiary/aromatic N) is 1. The topological polar surface area (TPSA) is 86.7 Å². The van der Waals surface area contributed by atoms with Gasteiger partial charge in [-0.25, -0.2) is 0 Å². The summed E-state index contributed by atoms with van der Waals surface area (Å²) in [6, 6.07) is -0.136. The Morgan fingerprint density at radius 1 is 1.25 bits per heavy atom. The van der Waals surface area contributed by atoms with Gasteiger partial charge in [0.05, 0.1) is 5.92 Å². The van der Waals surface area contributed by atoms with Gasteiger partial charge in [0.15, 0.2) is 0 Å². The van der Waals surface area contributed by atoms with Crippen LogP contribution < -0.4 is 4.72 Å². The van der Waals surface area contributed by atoms with E-state index in [1.54, 1.807) is 0 Å². The summed E-state index contributed by atoms with van der Waals surface area (Å²) in [7, 11) is -0.473. The van der Waals surface area contributed by atoms with Crippen molar-refractivity contribution in [2.75, 3.05) is 14.1 Å². The number of hydrogen-bond acceptors (Lipinski definition) is 3. The van der Waals surface area contributed by atoms with Crippen molar-refractivity contribution in [1.82, 2.24) is 9.03 Å². The van der Waals surface area contributed by atoms with E-state index in [9.17, 15) is 13.2 Å². The molecular weight excluding hydrogens is 232 g/mol. The third-order valence-electron chi connectivity index (χ3n) is 2.87. The highest BCUT2D eigenvalue weighted by Crippen LogP contribution is 2.24. The van der Waals surface area contributed by atoms with Crippen molar-refractivity contribution in [3.05, 3.63) is 0 Å². The van der Waals surface area contributed by atoms with Gasteiger partial charge in [-0.3, -0.25) is 4.79 Å². The number of hydrogen-bond donors (Lipinski definition) is 2. The maximum absolute atomic E-state index is 11.5. The Hall–Kier alpha value is -0.660. The number of nitrogens with one attached hydrogen (secondary N) is 1. The van der Waals surface area contributed by atoms with Crippen molar-refractivity contribution < 1.29 is 18.3 Å². The summed E-state index contributed by atoms with van der Waals surface area (Å²) >= 11 is 0. The lowest BCUT2D eigenvalue weighted by molar-refractivity contribution is -0.142. The second-order valence-electron chi connectivity index (χ2n) is 4.29. The number of carboxylic acid groups (broad SMARTS) is 1. The van der Waals surface area contributed by atoms with Crippen molar-refractivity contribution in [3.63, 3.8) is 0 Å². The van der Waals surface area contributed by atoms with E-state index in [-0.39, 0.29) is 12.0 Å². The van der Waals surface area contributed by atoms with Crippen molar-refractivity contribution >= 4 is 16.2 Å². The Kier molecular flexibility index (Phi) is 4.28. The molecule has 0 unspecified atom stereocenters. The molecule has 0 spiro atoms. The molecule has 0 aromatic heterocycles. The predicted octanol–water partition coefficient (Wildman–Crippen LogP) is 0.0258. The highest BCUT2D eigenvalue weighted by atomic mass is 32.2. The van der Waals surface area contributed by atoms with Gasteiger partial charge in [-0.05, 0) is 25.7 Å². The van der Waals surface area contributed by atoms with Crippen LogP contribution in [0.15, 0.2) is 0 Å². The van der Waals surface area contributed by atoms with E-state index in [0.717, 1.165) is 4.31 Å². The van der Waals surface area contributed by atoms with Crippen molar-refractivity contribution in [1.29, 1.82) is 0 Å². The first-order chi connectivity index (χ1) is 7.33. The smallest absolute Gasteiger partial charge is 0.306 e. The standard InChI is InChI=1S/C9H18N2O4S/c1-11(2)16(14,15)10-8-5-3-7(4-6-8)9(12)13/h7-8,10H,3-6H2,1-2H3,(H,12,13). The minimum Gasteiger partial charge on any atom is -0.481 e. The van der Waals surface area contributed by atoms with Gasteiger partial charge in [-0.2, -0.15) is 17.4 Å². The second-order valence-corrected chi connectivity index (χ2v) is 6.21. The first-order valence-corrected chi connectivity index (χ1v) is 6.69. The summed E-state index contributed by atoms with van der Waals surface area (Å²) in [5, 5.41) is 8.80. The third kappa shape index (κ3) is 3.43. The average molecular weight is 250 g/mol. The molecule has 0 heterocycles. The van der Waals surface area contributed by atoms with Crippen LogP contribution in [0.1, 0.15) is 25.7 Å². The zero-order valence-corrected chi connectivity index (χ0v) is 10.3. The molecular formula is C9H18N2O4S. The Balaban J connectivity index is 2.47. The molecule has 1 rings (SSSR count). The molecule has 0 aliphatic heterocycles. The molecule has 0 amide bonds. The molecule has 1 aliphatic rings. The second kappa shape index (κ2) is 5.11. The normalized spacial score (nSPS) is 26.9. The number of aliphatic carboxylic acids is 1. The van der Waals surface area contributed by atoms with E-state index < -0.39 is 16.2 Å². The van der Waals surface area contributed by atoms with E-state index >= 15 is 0 Å². The van der Waals surface area contributed by atoms with Crippen molar-refractivity contribution in [2.45, 2.75) is 31.7 Å². The number of carbonyl (C=O) groups is 1. The van der Waals surface area contributed by atoms with Crippen LogP contribution in [-0.4, -0.2) is 43.9 Å². The Labute approximate surface area is 95.8 Å². The molecule has 0 saturated heterocycles. The number of rotatable bonds is 4. The fourth-order valence-electron chi connectivity index (χ4n) is 1.77. The molecule has 0 bridgehead atoms. The summed E-state index contributed by atoms with van der Waals surface area (Å²) in [6.45, 7) is 0. The Morgan fingerprint density at radius 3 is 2.12 bits per heavy atom. The number of carboxylic acids is 1. The molecule has 6 nitrogen and oxygen atoms in total. The monoisotopic (exact) mass is 250 g/mol. The van der Waals surface area contributed by atoms with Crippen molar-refractivity contribution in [2.24, 2.45) is 5.92 Å². The minimum absolute atomic E-state index is 0.136. The lowest BCUT2D eigenvalue weighted by Gasteiger charge is -2.27. The van der Waals surface area contributed by atoms with Crippen LogP contribution in [0.2, 0.25) is 0 Å². The Bertz CT molecular complexity index is 345. The quantitative estimate of drug-likeness (QED) is 0.736. The fraction of sp³-hybridized carbons (Fsp3) is 0.889. The average Bonchev–Trinajstić information content (AvgIpc) is 2.17. The van der Waals surface area contributed by atoms with Gasteiger partial charge >= 0.3 is 5.97 Å². The van der Waals surface area contributed by atoms with E-state index in [1.165, 1.54) is 14.1 Å². The van der Waals surface area contributed by atoms with Crippen LogP contribution in [0, 0.1) is 5.92 Å². The molecule has 7 heteroatoms. The van der Waals surface area contributed by atoms with E-state index in [1.807, 2.05) is 0 Å². The predicted molar refractivity (Wildman–Crippen MR) is 59.1 cm³/mol. The van der Waals surface area contributed by atoms with E-state index in [2.05, 4.69) is 4.72 Å². The molecule has 1 saturated carbocycles. The van der Waals surface area contributed by atoms with Crippen LogP contribution in [0.25, 0.3) is 0 Å². The van der Waals surface area contributed by atoms with E-state index in [0.29, 0.717) is 25.7 Å². The Morgan fingerprint density at radius 2 is 1.75 bits per heavy atom. The van der Waals surface area contributed by atoms with Crippen LogP contribution in [0.5, 0.6) is 0 Å².